The summed E-state index contributed by atoms with van der Waals surface area (Å²) < 4.78 is 5.49. The molecule has 0 fully saturated rings. The zero-order valence-electron chi connectivity index (χ0n) is 16.0. The van der Waals surface area contributed by atoms with Crippen molar-refractivity contribution in [1.29, 1.82) is 0 Å². The molecule has 2 amide bonds. The van der Waals surface area contributed by atoms with Crippen LogP contribution in [0, 0.1) is 20.8 Å². The molecule has 27 heavy (non-hydrogen) atoms. The number of aryl methyl sites for hydroxylation is 3. The monoisotopic (exact) mass is 367 g/mol. The van der Waals surface area contributed by atoms with Crippen molar-refractivity contribution in [2.24, 2.45) is 0 Å². The van der Waals surface area contributed by atoms with Gasteiger partial charge >= 0.3 is 0 Å². The molecule has 0 atom stereocenters. The van der Waals surface area contributed by atoms with Crippen LogP contribution in [0.25, 0.3) is 0 Å². The fraction of sp³-hybridized carbons (Fsp3) is 0.286. The Balaban J connectivity index is 1.70. The zero-order chi connectivity index (χ0) is 19.8. The van der Waals surface area contributed by atoms with Crippen LogP contribution < -0.4 is 15.4 Å². The van der Waals surface area contributed by atoms with Gasteiger partial charge in [-0.1, -0.05) is 18.7 Å². The number of pyridine rings is 1. The van der Waals surface area contributed by atoms with Crippen molar-refractivity contribution in [1.82, 2.24) is 15.6 Å². The van der Waals surface area contributed by atoms with Gasteiger partial charge < -0.3 is 15.4 Å². The fourth-order valence-electron chi connectivity index (χ4n) is 2.38. The Hall–Kier alpha value is -3.15. The number of nitrogens with one attached hydrogen (secondary N) is 2. The Morgan fingerprint density at radius 1 is 1.11 bits per heavy atom. The molecule has 6 heteroatoms. The van der Waals surface area contributed by atoms with Crippen LogP contribution in [0.1, 0.15) is 33.6 Å². The SMILES string of the molecule is C=C(CCNC(=O)c1ncccc1C)NC(=O)COc1ccc(C)c(C)c1. The van der Waals surface area contributed by atoms with E-state index in [4.69, 9.17) is 4.74 Å². The molecule has 0 bridgehead atoms. The lowest BCUT2D eigenvalue weighted by Gasteiger charge is -2.11. The molecular formula is C21H25N3O3. The molecule has 0 unspecified atom stereocenters. The zero-order valence-corrected chi connectivity index (χ0v) is 16.0. The van der Waals surface area contributed by atoms with Crippen molar-refractivity contribution >= 4 is 11.8 Å². The predicted octanol–water partition coefficient (Wildman–Crippen LogP) is 2.84. The Morgan fingerprint density at radius 3 is 2.59 bits per heavy atom. The van der Waals surface area contributed by atoms with Crippen molar-refractivity contribution in [3.05, 3.63) is 71.2 Å². The molecule has 142 valence electrons. The fourth-order valence-corrected chi connectivity index (χ4v) is 2.38. The van der Waals surface area contributed by atoms with Gasteiger partial charge in [0.2, 0.25) is 0 Å². The van der Waals surface area contributed by atoms with E-state index < -0.39 is 0 Å². The summed E-state index contributed by atoms with van der Waals surface area (Å²) in [6.45, 7) is 9.90. The van der Waals surface area contributed by atoms with Crippen molar-refractivity contribution in [2.45, 2.75) is 27.2 Å². The first-order valence-electron chi connectivity index (χ1n) is 8.74. The molecule has 2 N–H and O–H groups in total. The van der Waals surface area contributed by atoms with Crippen molar-refractivity contribution in [3.63, 3.8) is 0 Å². The quantitative estimate of drug-likeness (QED) is 0.752. The third kappa shape index (κ3) is 6.26. The van der Waals surface area contributed by atoms with Crippen LogP contribution in [0.2, 0.25) is 0 Å². The van der Waals surface area contributed by atoms with Crippen molar-refractivity contribution in [2.75, 3.05) is 13.2 Å². The van der Waals surface area contributed by atoms with Gasteiger partial charge in [0.15, 0.2) is 6.61 Å². The van der Waals surface area contributed by atoms with Gasteiger partial charge in [0.1, 0.15) is 11.4 Å². The van der Waals surface area contributed by atoms with E-state index in [1.165, 1.54) is 5.56 Å². The molecule has 1 aromatic carbocycles. The van der Waals surface area contributed by atoms with E-state index in [1.54, 1.807) is 12.3 Å². The topological polar surface area (TPSA) is 80.3 Å². The summed E-state index contributed by atoms with van der Waals surface area (Å²) in [6, 6.07) is 9.29. The molecule has 0 radical (unpaired) electrons. The van der Waals surface area contributed by atoms with Gasteiger partial charge in [0.25, 0.3) is 11.8 Å². The molecule has 0 saturated heterocycles. The molecule has 1 heterocycles. The van der Waals surface area contributed by atoms with E-state index in [9.17, 15) is 9.59 Å². The van der Waals surface area contributed by atoms with Crippen molar-refractivity contribution < 1.29 is 14.3 Å². The number of ether oxygens (including phenoxy) is 1. The summed E-state index contributed by atoms with van der Waals surface area (Å²) in [6.07, 6.45) is 2.00. The number of carbonyl (C=O) groups excluding carboxylic acids is 2. The minimum absolute atomic E-state index is 0.0962. The number of nitrogens with zero attached hydrogens (tertiary/aromatic N) is 1. The van der Waals surface area contributed by atoms with Gasteiger partial charge in [-0.3, -0.25) is 14.6 Å². The number of hydrogen-bond acceptors (Lipinski definition) is 4. The Labute approximate surface area is 159 Å². The van der Waals surface area contributed by atoms with Crippen LogP contribution in [0.3, 0.4) is 0 Å². The van der Waals surface area contributed by atoms with Crippen LogP contribution in [0.5, 0.6) is 5.75 Å². The van der Waals surface area contributed by atoms with E-state index in [-0.39, 0.29) is 18.4 Å². The standard InChI is InChI=1S/C21H25N3O3/c1-14-7-8-18(12-16(14)3)27-13-19(25)24-17(4)9-11-23-21(26)20-15(2)6-5-10-22-20/h5-8,10,12H,4,9,11,13H2,1-3H3,(H,23,26)(H,24,25). The van der Waals surface area contributed by atoms with Gasteiger partial charge in [0, 0.05) is 24.9 Å². The lowest BCUT2D eigenvalue weighted by Crippen LogP contribution is -2.31. The first-order chi connectivity index (χ1) is 12.9. The van der Waals surface area contributed by atoms with E-state index >= 15 is 0 Å². The first-order valence-corrected chi connectivity index (χ1v) is 8.74. The summed E-state index contributed by atoms with van der Waals surface area (Å²) in [5, 5.41) is 5.44. The molecule has 2 aromatic rings. The summed E-state index contributed by atoms with van der Waals surface area (Å²) in [4.78, 5) is 28.1. The summed E-state index contributed by atoms with van der Waals surface area (Å²) in [5.74, 6) is 0.118. The number of rotatable bonds is 8. The highest BCUT2D eigenvalue weighted by Gasteiger charge is 2.10. The lowest BCUT2D eigenvalue weighted by molar-refractivity contribution is -0.122. The second-order valence-electron chi connectivity index (χ2n) is 6.36. The third-order valence-electron chi connectivity index (χ3n) is 4.10. The molecule has 0 aliphatic rings. The normalized spacial score (nSPS) is 10.2. The molecule has 1 aromatic heterocycles. The number of carbonyl (C=O) groups is 2. The average molecular weight is 367 g/mol. The predicted molar refractivity (Wildman–Crippen MR) is 105 cm³/mol. The number of hydrogen-bond donors (Lipinski definition) is 2. The maximum atomic E-state index is 12.1. The van der Waals surface area contributed by atoms with Crippen LogP contribution >= 0.6 is 0 Å². The molecule has 0 aliphatic carbocycles. The molecule has 0 aliphatic heterocycles. The van der Waals surface area contributed by atoms with E-state index in [1.807, 2.05) is 45.0 Å². The van der Waals surface area contributed by atoms with Crippen molar-refractivity contribution in [3.8, 4) is 5.75 Å². The molecule has 2 rings (SSSR count). The van der Waals surface area contributed by atoms with E-state index in [0.717, 1.165) is 11.1 Å². The Morgan fingerprint density at radius 2 is 1.89 bits per heavy atom. The number of aromatic nitrogens is 1. The van der Waals surface area contributed by atoms with Crippen LogP contribution in [0.15, 0.2) is 48.8 Å². The van der Waals surface area contributed by atoms with Gasteiger partial charge in [-0.15, -0.1) is 0 Å². The second-order valence-corrected chi connectivity index (χ2v) is 6.36. The maximum Gasteiger partial charge on any atom is 0.270 e. The largest absolute Gasteiger partial charge is 0.484 e. The third-order valence-corrected chi connectivity index (χ3v) is 4.10. The second kappa shape index (κ2) is 9.52. The highest BCUT2D eigenvalue weighted by atomic mass is 16.5. The molecule has 0 spiro atoms. The smallest absolute Gasteiger partial charge is 0.270 e. The van der Waals surface area contributed by atoms with E-state index in [2.05, 4.69) is 22.2 Å². The van der Waals surface area contributed by atoms with E-state index in [0.29, 0.717) is 30.1 Å². The minimum atomic E-state index is -0.287. The lowest BCUT2D eigenvalue weighted by atomic mass is 10.1. The molecule has 6 nitrogen and oxygen atoms in total. The van der Waals surface area contributed by atoms with Gasteiger partial charge in [-0.05, 0) is 55.7 Å². The van der Waals surface area contributed by atoms with Gasteiger partial charge in [0.05, 0.1) is 0 Å². The van der Waals surface area contributed by atoms with Gasteiger partial charge in [-0.2, -0.15) is 0 Å². The molecule has 0 saturated carbocycles. The maximum absolute atomic E-state index is 12.1. The summed E-state index contributed by atoms with van der Waals surface area (Å²) in [7, 11) is 0. The number of benzene rings is 1. The molecular weight excluding hydrogens is 342 g/mol. The highest BCUT2D eigenvalue weighted by Crippen LogP contribution is 2.16. The Bertz CT molecular complexity index is 846. The van der Waals surface area contributed by atoms with Crippen LogP contribution in [0.4, 0.5) is 0 Å². The Kier molecular flexibility index (Phi) is 7.11. The van der Waals surface area contributed by atoms with Crippen LogP contribution in [-0.2, 0) is 4.79 Å². The number of amides is 2. The average Bonchev–Trinajstić information content (AvgIpc) is 2.63. The summed E-state index contributed by atoms with van der Waals surface area (Å²) in [5.41, 5.74) is 4.00. The minimum Gasteiger partial charge on any atom is -0.484 e. The van der Waals surface area contributed by atoms with Gasteiger partial charge in [-0.25, -0.2) is 0 Å². The summed E-state index contributed by atoms with van der Waals surface area (Å²) >= 11 is 0. The highest BCUT2D eigenvalue weighted by molar-refractivity contribution is 5.93. The van der Waals surface area contributed by atoms with Crippen LogP contribution in [-0.4, -0.2) is 29.9 Å². The first kappa shape index (κ1) is 20.2.